The summed E-state index contributed by atoms with van der Waals surface area (Å²) in [6.07, 6.45) is 3.41. The lowest BCUT2D eigenvalue weighted by Gasteiger charge is -2.26. The van der Waals surface area contributed by atoms with Crippen LogP contribution in [0.3, 0.4) is 0 Å². The van der Waals surface area contributed by atoms with Crippen LogP contribution in [0.25, 0.3) is 0 Å². The van der Waals surface area contributed by atoms with Gasteiger partial charge in [-0.3, -0.25) is 0 Å². The van der Waals surface area contributed by atoms with E-state index in [0.29, 0.717) is 5.69 Å². The molecule has 0 aliphatic carbocycles. The number of nitrogens with zero attached hydrogens (tertiary/aromatic N) is 1. The van der Waals surface area contributed by atoms with Crippen LogP contribution in [0.15, 0.2) is 22.7 Å². The molecule has 1 heterocycles. The molecule has 0 bridgehead atoms. The molecule has 0 saturated carbocycles. The number of hydrogen-bond donors (Lipinski definition) is 2. The molecule has 1 aromatic rings. The van der Waals surface area contributed by atoms with Gasteiger partial charge in [0.25, 0.3) is 0 Å². The summed E-state index contributed by atoms with van der Waals surface area (Å²) in [5, 5.41) is 2.88. The van der Waals surface area contributed by atoms with Crippen molar-refractivity contribution in [2.75, 3.05) is 24.1 Å². The van der Waals surface area contributed by atoms with Crippen LogP contribution in [-0.2, 0) is 0 Å². The van der Waals surface area contributed by atoms with Gasteiger partial charge in [0.15, 0.2) is 0 Å². The van der Waals surface area contributed by atoms with Crippen molar-refractivity contribution < 1.29 is 4.79 Å². The zero-order valence-electron chi connectivity index (χ0n) is 9.58. The van der Waals surface area contributed by atoms with E-state index in [1.165, 1.54) is 6.42 Å². The maximum atomic E-state index is 11.9. The fraction of sp³-hybridized carbons (Fsp3) is 0.417. The number of anilines is 2. The Morgan fingerprint density at radius 2 is 2.00 bits per heavy atom. The summed E-state index contributed by atoms with van der Waals surface area (Å²) >= 11 is 3.34. The van der Waals surface area contributed by atoms with E-state index in [4.69, 9.17) is 5.73 Å². The molecule has 1 aromatic carbocycles. The summed E-state index contributed by atoms with van der Waals surface area (Å²) in [5.41, 5.74) is 7.13. The number of rotatable bonds is 1. The molecule has 0 unspecified atom stereocenters. The number of nitrogens with two attached hydrogens (primary N) is 1. The molecule has 0 spiro atoms. The van der Waals surface area contributed by atoms with Gasteiger partial charge in [-0.25, -0.2) is 4.79 Å². The van der Waals surface area contributed by atoms with E-state index >= 15 is 0 Å². The van der Waals surface area contributed by atoms with E-state index in [1.54, 1.807) is 6.07 Å². The summed E-state index contributed by atoms with van der Waals surface area (Å²) < 4.78 is 0.800. The van der Waals surface area contributed by atoms with Crippen LogP contribution >= 0.6 is 15.9 Å². The van der Waals surface area contributed by atoms with Crippen LogP contribution in [0.4, 0.5) is 16.2 Å². The number of likely N-dealkylation sites (tertiary alicyclic amines) is 1. The second-order valence-electron chi connectivity index (χ2n) is 4.21. The summed E-state index contributed by atoms with van der Waals surface area (Å²) in [4.78, 5) is 13.8. The standard InChI is InChI=1S/C12H16BrN3O/c13-10-8-9(4-5-11(10)14)15-12(17)16-6-2-1-3-7-16/h4-5,8H,1-3,6-7,14H2,(H,15,17). The van der Waals surface area contributed by atoms with Crippen molar-refractivity contribution in [2.45, 2.75) is 19.3 Å². The first kappa shape index (κ1) is 12.2. The summed E-state index contributed by atoms with van der Waals surface area (Å²) in [6.45, 7) is 1.70. The van der Waals surface area contributed by atoms with Gasteiger partial charge in [0, 0.05) is 28.9 Å². The van der Waals surface area contributed by atoms with Crippen LogP contribution in [0.2, 0.25) is 0 Å². The zero-order valence-corrected chi connectivity index (χ0v) is 11.2. The predicted octanol–water partition coefficient (Wildman–Crippen LogP) is 3.05. The normalized spacial score (nSPS) is 15.7. The first-order valence-corrected chi connectivity index (χ1v) is 6.57. The minimum atomic E-state index is -0.0265. The molecule has 2 rings (SSSR count). The summed E-state index contributed by atoms with van der Waals surface area (Å²) in [7, 11) is 0. The van der Waals surface area contributed by atoms with Gasteiger partial charge in [0.1, 0.15) is 0 Å². The van der Waals surface area contributed by atoms with E-state index in [-0.39, 0.29) is 6.03 Å². The van der Waals surface area contributed by atoms with E-state index in [9.17, 15) is 4.79 Å². The number of benzene rings is 1. The third-order valence-corrected chi connectivity index (χ3v) is 3.58. The first-order valence-electron chi connectivity index (χ1n) is 5.78. The predicted molar refractivity (Wildman–Crippen MR) is 73.0 cm³/mol. The number of nitrogen functional groups attached to an aromatic ring is 1. The van der Waals surface area contributed by atoms with E-state index in [1.807, 2.05) is 17.0 Å². The molecule has 3 N–H and O–H groups in total. The number of carbonyl (C=O) groups excluding carboxylic acids is 1. The average molecular weight is 298 g/mol. The Bertz CT molecular complexity index is 416. The lowest BCUT2D eigenvalue weighted by atomic mass is 10.1. The maximum Gasteiger partial charge on any atom is 0.321 e. The molecule has 4 nitrogen and oxygen atoms in total. The van der Waals surface area contributed by atoms with Crippen LogP contribution in [-0.4, -0.2) is 24.0 Å². The van der Waals surface area contributed by atoms with Gasteiger partial charge >= 0.3 is 6.03 Å². The number of halogens is 1. The first-order chi connectivity index (χ1) is 8.16. The molecule has 0 aromatic heterocycles. The number of hydrogen-bond acceptors (Lipinski definition) is 2. The topological polar surface area (TPSA) is 58.4 Å². The molecule has 1 aliphatic heterocycles. The van der Waals surface area contributed by atoms with E-state index in [0.717, 1.165) is 36.1 Å². The molecule has 2 amide bonds. The van der Waals surface area contributed by atoms with Gasteiger partial charge in [-0.15, -0.1) is 0 Å². The molecule has 1 fully saturated rings. The SMILES string of the molecule is Nc1ccc(NC(=O)N2CCCCC2)cc1Br. The molecule has 1 aliphatic rings. The van der Waals surface area contributed by atoms with Crippen molar-refractivity contribution in [2.24, 2.45) is 0 Å². The van der Waals surface area contributed by atoms with Crippen molar-refractivity contribution >= 4 is 33.3 Å². The molecule has 17 heavy (non-hydrogen) atoms. The zero-order chi connectivity index (χ0) is 12.3. The number of amides is 2. The van der Waals surface area contributed by atoms with Crippen LogP contribution in [0, 0.1) is 0 Å². The molecular formula is C12H16BrN3O. The number of piperidine rings is 1. The Kier molecular flexibility index (Phi) is 3.89. The second kappa shape index (κ2) is 5.40. The van der Waals surface area contributed by atoms with Crippen molar-refractivity contribution in [1.82, 2.24) is 4.90 Å². The highest BCUT2D eigenvalue weighted by atomic mass is 79.9. The number of carbonyl (C=O) groups is 1. The van der Waals surface area contributed by atoms with Gasteiger partial charge in [-0.1, -0.05) is 0 Å². The van der Waals surface area contributed by atoms with Crippen LogP contribution in [0.5, 0.6) is 0 Å². The largest absolute Gasteiger partial charge is 0.398 e. The van der Waals surface area contributed by atoms with Gasteiger partial charge in [0.05, 0.1) is 0 Å². The molecule has 0 radical (unpaired) electrons. The molecule has 5 heteroatoms. The smallest absolute Gasteiger partial charge is 0.321 e. The lowest BCUT2D eigenvalue weighted by Crippen LogP contribution is -2.38. The van der Waals surface area contributed by atoms with Gasteiger partial charge in [-0.05, 0) is 53.4 Å². The van der Waals surface area contributed by atoms with Gasteiger partial charge in [-0.2, -0.15) is 0 Å². The Morgan fingerprint density at radius 3 is 2.65 bits per heavy atom. The minimum Gasteiger partial charge on any atom is -0.398 e. The Labute approximate surface area is 109 Å². The molecule has 92 valence electrons. The van der Waals surface area contributed by atoms with Crippen molar-refractivity contribution in [3.8, 4) is 0 Å². The average Bonchev–Trinajstić information content (AvgIpc) is 2.35. The Morgan fingerprint density at radius 1 is 1.29 bits per heavy atom. The highest BCUT2D eigenvalue weighted by Gasteiger charge is 2.16. The van der Waals surface area contributed by atoms with Crippen molar-refractivity contribution in [3.63, 3.8) is 0 Å². The fourth-order valence-corrected chi connectivity index (χ4v) is 2.28. The third-order valence-electron chi connectivity index (χ3n) is 2.89. The molecule has 1 saturated heterocycles. The summed E-state index contributed by atoms with van der Waals surface area (Å²) in [5.74, 6) is 0. The number of nitrogens with one attached hydrogen (secondary N) is 1. The van der Waals surface area contributed by atoms with Crippen LogP contribution in [0.1, 0.15) is 19.3 Å². The lowest BCUT2D eigenvalue weighted by molar-refractivity contribution is 0.200. The minimum absolute atomic E-state index is 0.0265. The fourth-order valence-electron chi connectivity index (χ4n) is 1.90. The van der Waals surface area contributed by atoms with E-state index < -0.39 is 0 Å². The Balaban J connectivity index is 1.99. The number of urea groups is 1. The van der Waals surface area contributed by atoms with Gasteiger partial charge in [0.2, 0.25) is 0 Å². The highest BCUT2D eigenvalue weighted by molar-refractivity contribution is 9.10. The van der Waals surface area contributed by atoms with Crippen molar-refractivity contribution in [1.29, 1.82) is 0 Å². The quantitative estimate of drug-likeness (QED) is 0.783. The summed E-state index contributed by atoms with van der Waals surface area (Å²) in [6, 6.07) is 5.37. The maximum absolute atomic E-state index is 11.9. The molecular weight excluding hydrogens is 282 g/mol. The van der Waals surface area contributed by atoms with Gasteiger partial charge < -0.3 is 16.0 Å². The third kappa shape index (κ3) is 3.12. The van der Waals surface area contributed by atoms with E-state index in [2.05, 4.69) is 21.2 Å². The molecule has 0 atom stereocenters. The monoisotopic (exact) mass is 297 g/mol. The second-order valence-corrected chi connectivity index (χ2v) is 5.07. The highest BCUT2D eigenvalue weighted by Crippen LogP contribution is 2.23. The van der Waals surface area contributed by atoms with Crippen molar-refractivity contribution in [3.05, 3.63) is 22.7 Å². The van der Waals surface area contributed by atoms with Crippen LogP contribution < -0.4 is 11.1 Å². The Hall–Kier alpha value is -1.23.